The Morgan fingerprint density at radius 1 is 1.45 bits per heavy atom. The summed E-state index contributed by atoms with van der Waals surface area (Å²) >= 11 is 2.01. The Kier molecular flexibility index (Phi) is 3.70. The Morgan fingerprint density at radius 2 is 2.09 bits per heavy atom. The van der Waals surface area contributed by atoms with Crippen molar-refractivity contribution in [2.75, 3.05) is 11.5 Å². The number of hydrogen-bond acceptors (Lipinski definition) is 2. The molecule has 1 nitrogen and oxygen atoms in total. The fraction of sp³-hybridized carbons (Fsp3) is 0.667. The van der Waals surface area contributed by atoms with Crippen LogP contribution in [0, 0.1) is 5.92 Å². The van der Waals surface area contributed by atoms with Crippen LogP contribution in [0.15, 0.2) is 12.2 Å². The van der Waals surface area contributed by atoms with E-state index in [1.54, 1.807) is 13.0 Å². The van der Waals surface area contributed by atoms with E-state index in [-0.39, 0.29) is 5.78 Å². The van der Waals surface area contributed by atoms with Gasteiger partial charge in [0.15, 0.2) is 5.78 Å². The Balaban J connectivity index is 2.29. The van der Waals surface area contributed by atoms with Gasteiger partial charge in [0, 0.05) is 0 Å². The van der Waals surface area contributed by atoms with Crippen LogP contribution in [0.3, 0.4) is 0 Å². The average molecular weight is 170 g/mol. The predicted octanol–water partition coefficient (Wildman–Crippen LogP) is 2.27. The SMILES string of the molecule is CC(=O)C=CC1CCSCC1. The van der Waals surface area contributed by atoms with Gasteiger partial charge in [0.25, 0.3) is 0 Å². The van der Waals surface area contributed by atoms with Crippen LogP contribution >= 0.6 is 11.8 Å². The zero-order valence-electron chi connectivity index (χ0n) is 6.88. The Bertz CT molecular complexity index is 157. The molecule has 0 saturated carbocycles. The summed E-state index contributed by atoms with van der Waals surface area (Å²) in [6, 6.07) is 0. The van der Waals surface area contributed by atoms with Crippen LogP contribution in [0.5, 0.6) is 0 Å². The first kappa shape index (κ1) is 8.85. The first-order valence-corrected chi connectivity index (χ1v) is 5.21. The number of carbonyl (C=O) groups is 1. The highest BCUT2D eigenvalue weighted by molar-refractivity contribution is 7.99. The first-order valence-electron chi connectivity index (χ1n) is 4.05. The standard InChI is InChI=1S/C9H14OS/c1-8(10)2-3-9-4-6-11-7-5-9/h2-3,9H,4-7H2,1H3. The van der Waals surface area contributed by atoms with E-state index in [0.29, 0.717) is 5.92 Å². The molecule has 0 amide bonds. The van der Waals surface area contributed by atoms with E-state index in [9.17, 15) is 4.79 Å². The van der Waals surface area contributed by atoms with E-state index in [0.717, 1.165) is 0 Å². The molecule has 1 aliphatic rings. The lowest BCUT2D eigenvalue weighted by Crippen LogP contribution is -2.06. The third kappa shape index (κ3) is 3.61. The minimum atomic E-state index is 0.170. The van der Waals surface area contributed by atoms with E-state index in [1.165, 1.54) is 24.3 Å². The predicted molar refractivity (Wildman–Crippen MR) is 49.9 cm³/mol. The summed E-state index contributed by atoms with van der Waals surface area (Å²) in [5, 5.41) is 0. The number of carbonyl (C=O) groups excluding carboxylic acids is 1. The Labute approximate surface area is 72.2 Å². The molecule has 0 spiro atoms. The van der Waals surface area contributed by atoms with E-state index < -0.39 is 0 Å². The van der Waals surface area contributed by atoms with E-state index in [2.05, 4.69) is 6.08 Å². The molecule has 0 aromatic heterocycles. The maximum absolute atomic E-state index is 10.6. The minimum Gasteiger partial charge on any atom is -0.295 e. The van der Waals surface area contributed by atoms with Crippen LogP contribution in [0.1, 0.15) is 19.8 Å². The summed E-state index contributed by atoms with van der Waals surface area (Å²) in [6.45, 7) is 1.61. The van der Waals surface area contributed by atoms with E-state index in [4.69, 9.17) is 0 Å². The Morgan fingerprint density at radius 3 is 2.64 bits per heavy atom. The summed E-state index contributed by atoms with van der Waals surface area (Å²) in [4.78, 5) is 10.6. The van der Waals surface area contributed by atoms with Crippen molar-refractivity contribution < 1.29 is 4.79 Å². The van der Waals surface area contributed by atoms with E-state index in [1.807, 2.05) is 11.8 Å². The molecule has 0 aliphatic carbocycles. The van der Waals surface area contributed by atoms with Crippen molar-refractivity contribution in [1.82, 2.24) is 0 Å². The van der Waals surface area contributed by atoms with Crippen molar-refractivity contribution in [2.24, 2.45) is 5.92 Å². The van der Waals surface area contributed by atoms with Crippen LogP contribution in [-0.2, 0) is 4.79 Å². The molecular formula is C9H14OS. The molecule has 0 radical (unpaired) electrons. The molecule has 11 heavy (non-hydrogen) atoms. The highest BCUT2D eigenvalue weighted by Gasteiger charge is 2.09. The topological polar surface area (TPSA) is 17.1 Å². The molecule has 0 bridgehead atoms. The average Bonchev–Trinajstić information content (AvgIpc) is 2.03. The molecular weight excluding hydrogens is 156 g/mol. The van der Waals surface area contributed by atoms with Crippen LogP contribution < -0.4 is 0 Å². The van der Waals surface area contributed by atoms with Crippen LogP contribution in [0.25, 0.3) is 0 Å². The van der Waals surface area contributed by atoms with Gasteiger partial charge in [0.05, 0.1) is 0 Å². The molecule has 0 aromatic carbocycles. The molecule has 1 saturated heterocycles. The van der Waals surface area contributed by atoms with Crippen LogP contribution in [0.4, 0.5) is 0 Å². The number of hydrogen-bond donors (Lipinski definition) is 0. The van der Waals surface area contributed by atoms with Crippen molar-refractivity contribution in [3.63, 3.8) is 0 Å². The molecule has 0 aromatic rings. The third-order valence-corrected chi connectivity index (χ3v) is 2.92. The quantitative estimate of drug-likeness (QED) is 0.591. The molecule has 0 N–H and O–H groups in total. The van der Waals surface area contributed by atoms with Crippen molar-refractivity contribution in [3.8, 4) is 0 Å². The van der Waals surface area contributed by atoms with Crippen LogP contribution in [-0.4, -0.2) is 17.3 Å². The summed E-state index contributed by atoms with van der Waals surface area (Å²) in [5.41, 5.74) is 0. The second-order valence-electron chi connectivity index (χ2n) is 2.92. The normalized spacial score (nSPS) is 20.8. The van der Waals surface area contributed by atoms with Crippen molar-refractivity contribution >= 4 is 17.5 Å². The van der Waals surface area contributed by atoms with Gasteiger partial charge < -0.3 is 0 Å². The molecule has 0 atom stereocenters. The second kappa shape index (κ2) is 4.60. The van der Waals surface area contributed by atoms with Gasteiger partial charge in [-0.2, -0.15) is 11.8 Å². The van der Waals surface area contributed by atoms with Gasteiger partial charge in [0.2, 0.25) is 0 Å². The van der Waals surface area contributed by atoms with Crippen LogP contribution in [0.2, 0.25) is 0 Å². The van der Waals surface area contributed by atoms with Gasteiger partial charge >= 0.3 is 0 Å². The number of ketones is 1. The monoisotopic (exact) mass is 170 g/mol. The zero-order valence-corrected chi connectivity index (χ0v) is 7.69. The molecule has 62 valence electrons. The molecule has 1 aliphatic heterocycles. The maximum Gasteiger partial charge on any atom is 0.152 e. The van der Waals surface area contributed by atoms with Crippen molar-refractivity contribution in [3.05, 3.63) is 12.2 Å². The molecule has 1 rings (SSSR count). The largest absolute Gasteiger partial charge is 0.295 e. The Hall–Kier alpha value is -0.240. The summed E-state index contributed by atoms with van der Waals surface area (Å²) < 4.78 is 0. The fourth-order valence-corrected chi connectivity index (χ4v) is 2.32. The fourth-order valence-electron chi connectivity index (χ4n) is 1.18. The molecule has 2 heteroatoms. The summed E-state index contributed by atoms with van der Waals surface area (Å²) in [7, 11) is 0. The van der Waals surface area contributed by atoms with Gasteiger partial charge in [-0.3, -0.25) is 4.79 Å². The maximum atomic E-state index is 10.6. The van der Waals surface area contributed by atoms with Crippen molar-refractivity contribution in [1.29, 1.82) is 0 Å². The lowest BCUT2D eigenvalue weighted by molar-refractivity contribution is -0.112. The number of allylic oxidation sites excluding steroid dienone is 2. The van der Waals surface area contributed by atoms with Gasteiger partial charge in [-0.25, -0.2) is 0 Å². The van der Waals surface area contributed by atoms with Gasteiger partial charge in [-0.15, -0.1) is 0 Å². The zero-order chi connectivity index (χ0) is 8.10. The highest BCUT2D eigenvalue weighted by Crippen LogP contribution is 2.23. The first-order chi connectivity index (χ1) is 5.29. The highest BCUT2D eigenvalue weighted by atomic mass is 32.2. The second-order valence-corrected chi connectivity index (χ2v) is 4.14. The van der Waals surface area contributed by atoms with Gasteiger partial charge in [0.1, 0.15) is 0 Å². The third-order valence-electron chi connectivity index (χ3n) is 1.87. The lowest BCUT2D eigenvalue weighted by atomic mass is 10.0. The molecule has 0 unspecified atom stereocenters. The lowest BCUT2D eigenvalue weighted by Gasteiger charge is -2.17. The number of rotatable bonds is 2. The molecule has 1 heterocycles. The van der Waals surface area contributed by atoms with Crippen molar-refractivity contribution in [2.45, 2.75) is 19.8 Å². The van der Waals surface area contributed by atoms with Gasteiger partial charge in [-0.1, -0.05) is 6.08 Å². The molecule has 1 fully saturated rings. The van der Waals surface area contributed by atoms with Gasteiger partial charge in [-0.05, 0) is 43.3 Å². The minimum absolute atomic E-state index is 0.170. The van der Waals surface area contributed by atoms with E-state index >= 15 is 0 Å². The smallest absolute Gasteiger partial charge is 0.152 e. The number of thioether (sulfide) groups is 1. The summed E-state index contributed by atoms with van der Waals surface area (Å²) in [5.74, 6) is 3.35. The summed E-state index contributed by atoms with van der Waals surface area (Å²) in [6.07, 6.45) is 6.27.